The second-order valence-electron chi connectivity index (χ2n) is 4.79. The van der Waals surface area contributed by atoms with E-state index in [4.69, 9.17) is 16.3 Å². The lowest BCUT2D eigenvalue weighted by Crippen LogP contribution is -2.27. The van der Waals surface area contributed by atoms with Crippen LogP contribution >= 0.6 is 11.6 Å². The van der Waals surface area contributed by atoms with Crippen molar-refractivity contribution in [1.82, 2.24) is 0 Å². The van der Waals surface area contributed by atoms with E-state index in [9.17, 15) is 0 Å². The molecule has 0 bridgehead atoms. The SMILES string of the molecule is CC1C=CC(c2ccccc2)(c2ccc(Cl)cc2)O1. The van der Waals surface area contributed by atoms with Gasteiger partial charge in [0.1, 0.15) is 5.60 Å². The van der Waals surface area contributed by atoms with Crippen LogP contribution in [0.15, 0.2) is 66.7 Å². The fourth-order valence-electron chi connectivity index (χ4n) is 2.52. The average molecular weight is 271 g/mol. The van der Waals surface area contributed by atoms with Gasteiger partial charge in [0.05, 0.1) is 6.10 Å². The lowest BCUT2D eigenvalue weighted by Gasteiger charge is -2.29. The molecule has 2 aromatic rings. The lowest BCUT2D eigenvalue weighted by molar-refractivity contribution is 0.00967. The van der Waals surface area contributed by atoms with Crippen LogP contribution in [-0.2, 0) is 10.3 Å². The molecule has 0 spiro atoms. The minimum absolute atomic E-state index is 0.107. The summed E-state index contributed by atoms with van der Waals surface area (Å²) in [6, 6.07) is 18.1. The fraction of sp³-hybridized carbons (Fsp3) is 0.176. The first-order valence-corrected chi connectivity index (χ1v) is 6.77. The van der Waals surface area contributed by atoms with Gasteiger partial charge in [-0.1, -0.05) is 60.1 Å². The molecule has 0 aromatic heterocycles. The molecule has 0 saturated carbocycles. The Labute approximate surface area is 118 Å². The number of hydrogen-bond donors (Lipinski definition) is 0. The number of ether oxygens (including phenoxy) is 1. The van der Waals surface area contributed by atoms with Gasteiger partial charge in [-0.05, 0) is 36.3 Å². The zero-order valence-corrected chi connectivity index (χ0v) is 11.5. The van der Waals surface area contributed by atoms with Crippen LogP contribution in [0.1, 0.15) is 18.1 Å². The second kappa shape index (κ2) is 4.84. The van der Waals surface area contributed by atoms with Gasteiger partial charge >= 0.3 is 0 Å². The zero-order chi connectivity index (χ0) is 13.3. The molecule has 2 atom stereocenters. The monoisotopic (exact) mass is 270 g/mol. The summed E-state index contributed by atoms with van der Waals surface area (Å²) in [5.74, 6) is 0. The van der Waals surface area contributed by atoms with Gasteiger partial charge in [0, 0.05) is 5.02 Å². The first kappa shape index (κ1) is 12.5. The van der Waals surface area contributed by atoms with Crippen molar-refractivity contribution in [3.05, 3.63) is 82.9 Å². The van der Waals surface area contributed by atoms with Crippen molar-refractivity contribution in [3.63, 3.8) is 0 Å². The summed E-state index contributed by atoms with van der Waals surface area (Å²) >= 11 is 5.98. The Morgan fingerprint density at radius 1 is 0.947 bits per heavy atom. The molecular weight excluding hydrogens is 256 g/mol. The molecule has 0 N–H and O–H groups in total. The highest BCUT2D eigenvalue weighted by atomic mass is 35.5. The molecule has 2 heteroatoms. The highest BCUT2D eigenvalue weighted by Gasteiger charge is 2.37. The van der Waals surface area contributed by atoms with Gasteiger partial charge in [-0.2, -0.15) is 0 Å². The van der Waals surface area contributed by atoms with Crippen molar-refractivity contribution in [2.24, 2.45) is 0 Å². The number of benzene rings is 2. The molecule has 1 aliphatic heterocycles. The van der Waals surface area contributed by atoms with E-state index in [1.165, 1.54) is 0 Å². The summed E-state index contributed by atoms with van der Waals surface area (Å²) in [7, 11) is 0. The van der Waals surface area contributed by atoms with E-state index < -0.39 is 5.60 Å². The Morgan fingerprint density at radius 2 is 1.58 bits per heavy atom. The molecule has 3 rings (SSSR count). The maximum Gasteiger partial charge on any atom is 0.137 e. The Morgan fingerprint density at radius 3 is 2.16 bits per heavy atom. The van der Waals surface area contributed by atoms with E-state index in [0.717, 1.165) is 16.1 Å². The van der Waals surface area contributed by atoms with E-state index in [1.807, 2.05) is 42.5 Å². The predicted octanol–water partition coefficient (Wildman–Crippen LogP) is 4.56. The summed E-state index contributed by atoms with van der Waals surface area (Å²) in [6.07, 6.45) is 4.34. The van der Waals surface area contributed by atoms with Crippen molar-refractivity contribution >= 4 is 11.6 Å². The molecule has 1 aliphatic rings. The standard InChI is InChI=1S/C17H15ClO/c1-13-11-12-17(19-13,14-5-3-2-4-6-14)15-7-9-16(18)10-8-15/h2-13H,1H3. The molecule has 0 radical (unpaired) electrons. The third-order valence-electron chi connectivity index (χ3n) is 3.45. The quantitative estimate of drug-likeness (QED) is 0.727. The third-order valence-corrected chi connectivity index (χ3v) is 3.70. The topological polar surface area (TPSA) is 9.23 Å². The first-order valence-electron chi connectivity index (χ1n) is 6.39. The van der Waals surface area contributed by atoms with Crippen molar-refractivity contribution in [2.75, 3.05) is 0 Å². The van der Waals surface area contributed by atoms with Crippen LogP contribution in [0.3, 0.4) is 0 Å². The summed E-state index contributed by atoms with van der Waals surface area (Å²) in [6.45, 7) is 2.05. The molecule has 0 fully saturated rings. The molecule has 0 amide bonds. The van der Waals surface area contributed by atoms with Crippen LogP contribution in [0.4, 0.5) is 0 Å². The second-order valence-corrected chi connectivity index (χ2v) is 5.23. The number of hydrogen-bond acceptors (Lipinski definition) is 1. The maximum atomic E-state index is 6.21. The summed E-state index contributed by atoms with van der Waals surface area (Å²) in [4.78, 5) is 0. The van der Waals surface area contributed by atoms with Crippen LogP contribution in [0.25, 0.3) is 0 Å². The van der Waals surface area contributed by atoms with Crippen LogP contribution in [0.2, 0.25) is 5.02 Å². The fourth-order valence-corrected chi connectivity index (χ4v) is 2.65. The van der Waals surface area contributed by atoms with Gasteiger partial charge in [-0.25, -0.2) is 0 Å². The Bertz CT molecular complexity index is 588. The minimum atomic E-state index is -0.495. The molecule has 19 heavy (non-hydrogen) atoms. The normalized spacial score (nSPS) is 25.7. The van der Waals surface area contributed by atoms with E-state index >= 15 is 0 Å². The van der Waals surface area contributed by atoms with Gasteiger partial charge in [0.25, 0.3) is 0 Å². The Balaban J connectivity index is 2.13. The highest BCUT2D eigenvalue weighted by Crippen LogP contribution is 2.40. The molecule has 2 unspecified atom stereocenters. The Kier molecular flexibility index (Phi) is 3.17. The van der Waals surface area contributed by atoms with Crippen molar-refractivity contribution < 1.29 is 4.74 Å². The van der Waals surface area contributed by atoms with E-state index in [-0.39, 0.29) is 6.10 Å². The van der Waals surface area contributed by atoms with Crippen molar-refractivity contribution in [3.8, 4) is 0 Å². The van der Waals surface area contributed by atoms with Crippen LogP contribution in [-0.4, -0.2) is 6.10 Å². The largest absolute Gasteiger partial charge is 0.354 e. The molecule has 1 nitrogen and oxygen atoms in total. The summed E-state index contributed by atoms with van der Waals surface area (Å²) < 4.78 is 6.21. The molecule has 1 heterocycles. The van der Waals surface area contributed by atoms with E-state index in [1.54, 1.807) is 0 Å². The van der Waals surface area contributed by atoms with Gasteiger partial charge in [0.15, 0.2) is 0 Å². The molecule has 2 aromatic carbocycles. The van der Waals surface area contributed by atoms with Gasteiger partial charge in [0.2, 0.25) is 0 Å². The molecule has 96 valence electrons. The number of halogens is 1. The summed E-state index contributed by atoms with van der Waals surface area (Å²) in [5.41, 5.74) is 1.74. The number of rotatable bonds is 2. The van der Waals surface area contributed by atoms with Gasteiger partial charge < -0.3 is 4.74 Å². The molecule has 0 aliphatic carbocycles. The van der Waals surface area contributed by atoms with E-state index in [2.05, 4.69) is 31.2 Å². The van der Waals surface area contributed by atoms with Crippen LogP contribution < -0.4 is 0 Å². The summed E-state index contributed by atoms with van der Waals surface area (Å²) in [5, 5.41) is 0.738. The average Bonchev–Trinajstić information content (AvgIpc) is 2.84. The van der Waals surface area contributed by atoms with Gasteiger partial charge in [-0.15, -0.1) is 0 Å². The molecule has 0 saturated heterocycles. The van der Waals surface area contributed by atoms with Crippen LogP contribution in [0, 0.1) is 0 Å². The zero-order valence-electron chi connectivity index (χ0n) is 10.7. The lowest BCUT2D eigenvalue weighted by atomic mass is 9.86. The maximum absolute atomic E-state index is 6.21. The smallest absolute Gasteiger partial charge is 0.137 e. The van der Waals surface area contributed by atoms with E-state index in [0.29, 0.717) is 0 Å². The Hall–Kier alpha value is -1.57. The molecular formula is C17H15ClO. The van der Waals surface area contributed by atoms with Crippen LogP contribution in [0.5, 0.6) is 0 Å². The van der Waals surface area contributed by atoms with Gasteiger partial charge in [-0.3, -0.25) is 0 Å². The minimum Gasteiger partial charge on any atom is -0.354 e. The third kappa shape index (κ3) is 2.20. The van der Waals surface area contributed by atoms with Crippen molar-refractivity contribution in [2.45, 2.75) is 18.6 Å². The van der Waals surface area contributed by atoms with Crippen molar-refractivity contribution in [1.29, 1.82) is 0 Å². The first-order chi connectivity index (χ1) is 9.21. The highest BCUT2D eigenvalue weighted by molar-refractivity contribution is 6.30. The predicted molar refractivity (Wildman–Crippen MR) is 78.4 cm³/mol.